The highest BCUT2D eigenvalue weighted by atomic mass is 79.9. The predicted octanol–water partition coefficient (Wildman–Crippen LogP) is 1.65. The molecule has 0 saturated heterocycles. The molecule has 0 bridgehead atoms. The quantitative estimate of drug-likeness (QED) is 0.563. The van der Waals surface area contributed by atoms with Crippen molar-refractivity contribution >= 4 is 21.8 Å². The molecule has 0 aromatic rings. The summed E-state index contributed by atoms with van der Waals surface area (Å²) in [7, 11) is 0. The second-order valence-corrected chi connectivity index (χ2v) is 5.79. The van der Waals surface area contributed by atoms with Crippen molar-refractivity contribution < 1.29 is 4.79 Å². The van der Waals surface area contributed by atoms with E-state index in [0.29, 0.717) is 0 Å². The summed E-state index contributed by atoms with van der Waals surface area (Å²) in [5.74, 6) is 4.90. The fraction of sp³-hybridized carbons (Fsp3) is 0.583. The summed E-state index contributed by atoms with van der Waals surface area (Å²) in [6.07, 6.45) is 11.2. The Hall–Kier alpha value is -0.930. The number of carbonyl (C=O) groups excluding carboxylic acids is 1. The Morgan fingerprint density at radius 1 is 1.40 bits per heavy atom. The lowest BCUT2D eigenvalue weighted by molar-refractivity contribution is -0.130. The molecular weight excluding hydrogens is 254 g/mol. The number of terminal acetylenes is 2. The molecule has 15 heavy (non-hydrogen) atoms. The molecule has 0 N–H and O–H groups in total. The van der Waals surface area contributed by atoms with Gasteiger partial charge in [0.15, 0.2) is 0 Å². The second kappa shape index (κ2) is 3.91. The summed E-state index contributed by atoms with van der Waals surface area (Å²) in [6, 6.07) is 0. The highest BCUT2D eigenvalue weighted by Gasteiger charge is 2.65. The Labute approximate surface area is 99.5 Å². The summed E-state index contributed by atoms with van der Waals surface area (Å²) in [5, 5.41) is 0. The van der Waals surface area contributed by atoms with E-state index >= 15 is 0 Å². The zero-order valence-electron chi connectivity index (χ0n) is 9.01. The molecule has 0 heterocycles. The molecule has 3 heteroatoms. The van der Waals surface area contributed by atoms with Crippen LogP contribution in [0.4, 0.5) is 0 Å². The zero-order valence-corrected chi connectivity index (χ0v) is 10.6. The van der Waals surface area contributed by atoms with Gasteiger partial charge in [0.25, 0.3) is 0 Å². The SMILES string of the molecule is C#CCN(CC#C)C(=O)C1(Br)CC1(C)C. The van der Waals surface area contributed by atoms with Gasteiger partial charge in [-0.3, -0.25) is 4.79 Å². The summed E-state index contributed by atoms with van der Waals surface area (Å²) >= 11 is 3.49. The van der Waals surface area contributed by atoms with Gasteiger partial charge in [-0.2, -0.15) is 0 Å². The van der Waals surface area contributed by atoms with E-state index in [4.69, 9.17) is 12.8 Å². The van der Waals surface area contributed by atoms with E-state index in [-0.39, 0.29) is 24.4 Å². The molecule has 1 saturated carbocycles. The van der Waals surface area contributed by atoms with Crippen molar-refractivity contribution in [3.05, 3.63) is 0 Å². The van der Waals surface area contributed by atoms with Crippen molar-refractivity contribution in [2.45, 2.75) is 24.6 Å². The molecule has 0 aromatic heterocycles. The lowest BCUT2D eigenvalue weighted by atomic mass is 10.1. The number of hydrogen-bond acceptors (Lipinski definition) is 1. The van der Waals surface area contributed by atoms with Crippen LogP contribution in [-0.4, -0.2) is 28.2 Å². The van der Waals surface area contributed by atoms with Gasteiger partial charge in [0.1, 0.15) is 4.32 Å². The first-order valence-corrected chi connectivity index (χ1v) is 5.53. The number of hydrogen-bond donors (Lipinski definition) is 0. The topological polar surface area (TPSA) is 20.3 Å². The molecule has 0 spiro atoms. The highest BCUT2D eigenvalue weighted by Crippen LogP contribution is 2.62. The normalized spacial score (nSPS) is 26.2. The molecule has 1 rings (SSSR count). The van der Waals surface area contributed by atoms with Gasteiger partial charge in [-0.05, 0) is 11.8 Å². The first-order chi connectivity index (χ1) is 6.89. The van der Waals surface area contributed by atoms with Gasteiger partial charge < -0.3 is 4.90 Å². The van der Waals surface area contributed by atoms with Crippen LogP contribution in [0.15, 0.2) is 0 Å². The predicted molar refractivity (Wildman–Crippen MR) is 64.3 cm³/mol. The van der Waals surface area contributed by atoms with E-state index in [1.165, 1.54) is 4.90 Å². The minimum atomic E-state index is -0.465. The second-order valence-electron chi connectivity index (χ2n) is 4.43. The number of nitrogens with zero attached hydrogens (tertiary/aromatic N) is 1. The summed E-state index contributed by atoms with van der Waals surface area (Å²) < 4.78 is -0.465. The largest absolute Gasteiger partial charge is 0.319 e. The third-order valence-corrected chi connectivity index (χ3v) is 4.52. The number of alkyl halides is 1. The Morgan fingerprint density at radius 2 is 1.80 bits per heavy atom. The van der Waals surface area contributed by atoms with Crippen molar-refractivity contribution in [1.29, 1.82) is 0 Å². The van der Waals surface area contributed by atoms with Crippen LogP contribution < -0.4 is 0 Å². The average Bonchev–Trinajstić information content (AvgIpc) is 2.66. The van der Waals surface area contributed by atoms with E-state index in [1.807, 2.05) is 13.8 Å². The monoisotopic (exact) mass is 267 g/mol. The van der Waals surface area contributed by atoms with Crippen LogP contribution in [0.25, 0.3) is 0 Å². The summed E-state index contributed by atoms with van der Waals surface area (Å²) in [5.41, 5.74) is -0.00840. The maximum Gasteiger partial charge on any atom is 0.241 e. The van der Waals surface area contributed by atoms with Crippen LogP contribution in [0.3, 0.4) is 0 Å². The van der Waals surface area contributed by atoms with Crippen molar-refractivity contribution in [3.63, 3.8) is 0 Å². The van der Waals surface area contributed by atoms with Crippen LogP contribution in [0.5, 0.6) is 0 Å². The molecule has 1 aliphatic carbocycles. The lowest BCUT2D eigenvalue weighted by Crippen LogP contribution is -2.40. The molecule has 1 unspecified atom stereocenters. The molecule has 1 amide bonds. The van der Waals surface area contributed by atoms with Gasteiger partial charge in [-0.15, -0.1) is 12.8 Å². The van der Waals surface area contributed by atoms with E-state index in [9.17, 15) is 4.79 Å². The molecular formula is C12H14BrNO. The minimum Gasteiger partial charge on any atom is -0.319 e. The summed E-state index contributed by atoms with van der Waals surface area (Å²) in [4.78, 5) is 13.6. The Balaban J connectivity index is 2.76. The average molecular weight is 268 g/mol. The van der Waals surface area contributed by atoms with Gasteiger partial charge in [-0.1, -0.05) is 41.6 Å². The van der Waals surface area contributed by atoms with Crippen LogP contribution in [0.2, 0.25) is 0 Å². The van der Waals surface area contributed by atoms with Crippen LogP contribution >= 0.6 is 15.9 Å². The Kier molecular flexibility index (Phi) is 3.16. The van der Waals surface area contributed by atoms with Crippen molar-refractivity contribution in [3.8, 4) is 24.7 Å². The zero-order chi connectivity index (χ0) is 11.7. The van der Waals surface area contributed by atoms with Crippen molar-refractivity contribution in [2.75, 3.05) is 13.1 Å². The van der Waals surface area contributed by atoms with Crippen LogP contribution in [0.1, 0.15) is 20.3 Å². The molecule has 1 fully saturated rings. The standard InChI is InChI=1S/C12H14BrNO/c1-5-7-14(8-6-2)10(15)12(13)9-11(12,3)4/h1-2H,7-9H2,3-4H3. The third-order valence-electron chi connectivity index (χ3n) is 2.82. The maximum absolute atomic E-state index is 12.1. The van der Waals surface area contributed by atoms with E-state index in [1.54, 1.807) is 0 Å². The molecule has 80 valence electrons. The Bertz CT molecular complexity index is 345. The third kappa shape index (κ3) is 2.03. The fourth-order valence-electron chi connectivity index (χ4n) is 1.60. The van der Waals surface area contributed by atoms with Gasteiger partial charge in [0.2, 0.25) is 5.91 Å². The lowest BCUT2D eigenvalue weighted by Gasteiger charge is -2.22. The van der Waals surface area contributed by atoms with Gasteiger partial charge in [0.05, 0.1) is 13.1 Å². The number of carbonyl (C=O) groups is 1. The minimum absolute atomic E-state index is 0.00315. The molecule has 0 aliphatic heterocycles. The Morgan fingerprint density at radius 3 is 2.07 bits per heavy atom. The smallest absolute Gasteiger partial charge is 0.241 e. The first kappa shape index (κ1) is 12.1. The molecule has 1 atom stereocenters. The maximum atomic E-state index is 12.1. The van der Waals surface area contributed by atoms with Gasteiger partial charge in [-0.25, -0.2) is 0 Å². The van der Waals surface area contributed by atoms with Gasteiger partial charge >= 0.3 is 0 Å². The number of halogens is 1. The number of rotatable bonds is 3. The molecule has 2 nitrogen and oxygen atoms in total. The summed E-state index contributed by atoms with van der Waals surface area (Å²) in [6.45, 7) is 4.63. The molecule has 0 radical (unpaired) electrons. The fourth-order valence-corrected chi connectivity index (χ4v) is 2.55. The van der Waals surface area contributed by atoms with E-state index < -0.39 is 4.32 Å². The molecule has 1 aliphatic rings. The first-order valence-electron chi connectivity index (χ1n) is 4.74. The number of amides is 1. The van der Waals surface area contributed by atoms with Crippen molar-refractivity contribution in [2.24, 2.45) is 5.41 Å². The van der Waals surface area contributed by atoms with E-state index in [2.05, 4.69) is 27.8 Å². The van der Waals surface area contributed by atoms with Gasteiger partial charge in [0, 0.05) is 0 Å². The van der Waals surface area contributed by atoms with Crippen molar-refractivity contribution in [1.82, 2.24) is 4.90 Å². The van der Waals surface area contributed by atoms with Crippen LogP contribution in [0, 0.1) is 30.1 Å². The van der Waals surface area contributed by atoms with Crippen LogP contribution in [-0.2, 0) is 4.79 Å². The van der Waals surface area contributed by atoms with E-state index in [0.717, 1.165) is 6.42 Å². The highest BCUT2D eigenvalue weighted by molar-refractivity contribution is 9.10. The molecule has 0 aromatic carbocycles.